The number of hydrogen-bond acceptors (Lipinski definition) is 6. The molecule has 29 heavy (non-hydrogen) atoms. The van der Waals surface area contributed by atoms with E-state index in [0.717, 1.165) is 56.9 Å². The number of ether oxygens (including phenoxy) is 1. The lowest BCUT2D eigenvalue weighted by molar-refractivity contribution is -0.136. The Morgan fingerprint density at radius 2 is 2.03 bits per heavy atom. The van der Waals surface area contributed by atoms with E-state index in [9.17, 15) is 14.4 Å². The summed E-state index contributed by atoms with van der Waals surface area (Å²) in [4.78, 5) is 40.9. The molecule has 0 saturated carbocycles. The van der Waals surface area contributed by atoms with E-state index in [1.54, 1.807) is 4.90 Å². The maximum atomic E-state index is 13.0. The zero-order chi connectivity index (χ0) is 20.0. The Kier molecular flexibility index (Phi) is 4.64. The van der Waals surface area contributed by atoms with Gasteiger partial charge in [0.1, 0.15) is 6.04 Å². The molecule has 1 atom stereocenters. The van der Waals surface area contributed by atoms with E-state index in [-0.39, 0.29) is 29.7 Å². The van der Waals surface area contributed by atoms with Crippen molar-refractivity contribution in [2.75, 3.05) is 32.8 Å². The van der Waals surface area contributed by atoms with Gasteiger partial charge in [-0.25, -0.2) is 0 Å². The van der Waals surface area contributed by atoms with Crippen molar-refractivity contribution in [3.05, 3.63) is 34.9 Å². The van der Waals surface area contributed by atoms with E-state index >= 15 is 0 Å². The van der Waals surface area contributed by atoms with Crippen molar-refractivity contribution in [2.45, 2.75) is 43.9 Å². The van der Waals surface area contributed by atoms with Crippen molar-refractivity contribution < 1.29 is 19.1 Å². The van der Waals surface area contributed by atoms with Gasteiger partial charge >= 0.3 is 0 Å². The molecule has 0 bridgehead atoms. The molecule has 3 amide bonds. The van der Waals surface area contributed by atoms with E-state index in [1.807, 2.05) is 12.1 Å². The molecular weight excluding hydrogens is 372 g/mol. The molecule has 0 radical (unpaired) electrons. The first kappa shape index (κ1) is 18.7. The maximum absolute atomic E-state index is 13.0. The van der Waals surface area contributed by atoms with E-state index < -0.39 is 6.04 Å². The molecule has 4 aliphatic heterocycles. The second-order valence-electron chi connectivity index (χ2n) is 8.46. The van der Waals surface area contributed by atoms with Crippen LogP contribution in [0.5, 0.6) is 0 Å². The van der Waals surface area contributed by atoms with Crippen LogP contribution in [0.3, 0.4) is 0 Å². The van der Waals surface area contributed by atoms with Gasteiger partial charge in [0.25, 0.3) is 5.91 Å². The number of nitrogens with zero attached hydrogens (tertiary/aromatic N) is 2. The zero-order valence-corrected chi connectivity index (χ0v) is 16.4. The molecule has 1 aromatic carbocycles. The molecule has 4 aliphatic rings. The average Bonchev–Trinajstić information content (AvgIpc) is 2.86. The lowest BCUT2D eigenvalue weighted by atomic mass is 9.86. The Bertz CT molecular complexity index is 866. The highest BCUT2D eigenvalue weighted by molar-refractivity contribution is 6.05. The third-order valence-corrected chi connectivity index (χ3v) is 6.84. The maximum Gasteiger partial charge on any atom is 0.255 e. The fourth-order valence-corrected chi connectivity index (χ4v) is 5.00. The van der Waals surface area contributed by atoms with Crippen LogP contribution >= 0.6 is 0 Å². The molecule has 3 saturated heterocycles. The van der Waals surface area contributed by atoms with Gasteiger partial charge in [-0.15, -0.1) is 0 Å². The van der Waals surface area contributed by atoms with Crippen molar-refractivity contribution in [1.29, 1.82) is 0 Å². The fraction of sp³-hybridized carbons (Fsp3) is 0.571. The summed E-state index contributed by atoms with van der Waals surface area (Å²) in [6.07, 6.45) is 1.67. The van der Waals surface area contributed by atoms with Gasteiger partial charge in [0.2, 0.25) is 11.8 Å². The van der Waals surface area contributed by atoms with Crippen molar-refractivity contribution in [2.24, 2.45) is 0 Å². The van der Waals surface area contributed by atoms with E-state index in [0.29, 0.717) is 18.5 Å². The minimum atomic E-state index is -0.575. The average molecular weight is 398 g/mol. The molecule has 3 fully saturated rings. The van der Waals surface area contributed by atoms with Crippen LogP contribution in [0.2, 0.25) is 0 Å². The predicted octanol–water partition coefficient (Wildman–Crippen LogP) is 0.0119. The standard InChI is InChI=1S/C21H26N4O4/c26-18-5-4-17(19(27)23-18)25-11-16-14(2-1-3-15(16)20(25)28)10-24-7-9-29-8-6-21(24)12-22-13-21/h1-3,17,22H,4-13H2,(H,23,26,27). The Morgan fingerprint density at radius 3 is 2.79 bits per heavy atom. The Morgan fingerprint density at radius 1 is 1.17 bits per heavy atom. The van der Waals surface area contributed by atoms with Crippen molar-refractivity contribution in [3.63, 3.8) is 0 Å². The predicted molar refractivity (Wildman–Crippen MR) is 104 cm³/mol. The number of imide groups is 1. The topological polar surface area (TPSA) is 91.0 Å². The second-order valence-corrected chi connectivity index (χ2v) is 8.46. The number of carbonyl (C=O) groups excluding carboxylic acids is 3. The van der Waals surface area contributed by atoms with E-state index in [2.05, 4.69) is 21.6 Å². The summed E-state index contributed by atoms with van der Waals surface area (Å²) in [6, 6.07) is 5.29. The summed E-state index contributed by atoms with van der Waals surface area (Å²) >= 11 is 0. The van der Waals surface area contributed by atoms with Crippen molar-refractivity contribution >= 4 is 17.7 Å². The minimum absolute atomic E-state index is 0.115. The number of carbonyl (C=O) groups is 3. The summed E-state index contributed by atoms with van der Waals surface area (Å²) in [5.41, 5.74) is 2.96. The Labute approximate surface area is 169 Å². The summed E-state index contributed by atoms with van der Waals surface area (Å²) in [6.45, 7) is 5.50. The van der Waals surface area contributed by atoms with Gasteiger partial charge in [-0.1, -0.05) is 12.1 Å². The number of piperidine rings is 1. The van der Waals surface area contributed by atoms with Crippen LogP contribution in [0.15, 0.2) is 18.2 Å². The molecular formula is C21H26N4O4. The Balaban J connectivity index is 1.39. The molecule has 1 spiro atoms. The van der Waals surface area contributed by atoms with E-state index in [1.165, 1.54) is 0 Å². The minimum Gasteiger partial charge on any atom is -0.380 e. The molecule has 0 aliphatic carbocycles. The Hall–Kier alpha value is -2.29. The summed E-state index contributed by atoms with van der Waals surface area (Å²) in [7, 11) is 0. The van der Waals surface area contributed by atoms with Crippen LogP contribution < -0.4 is 10.6 Å². The number of rotatable bonds is 3. The van der Waals surface area contributed by atoms with Gasteiger partial charge < -0.3 is 15.0 Å². The molecule has 8 nitrogen and oxygen atoms in total. The van der Waals surface area contributed by atoms with Gasteiger partial charge in [0.05, 0.1) is 6.61 Å². The quantitative estimate of drug-likeness (QED) is 0.698. The highest BCUT2D eigenvalue weighted by atomic mass is 16.5. The third kappa shape index (κ3) is 3.15. The van der Waals surface area contributed by atoms with Crippen LogP contribution in [0.4, 0.5) is 0 Å². The van der Waals surface area contributed by atoms with Crippen molar-refractivity contribution in [3.8, 4) is 0 Å². The first-order chi connectivity index (χ1) is 14.1. The highest BCUT2D eigenvalue weighted by Gasteiger charge is 2.44. The molecule has 4 heterocycles. The smallest absolute Gasteiger partial charge is 0.255 e. The molecule has 2 N–H and O–H groups in total. The lowest BCUT2D eigenvalue weighted by Crippen LogP contribution is -2.68. The van der Waals surface area contributed by atoms with Gasteiger partial charge in [-0.3, -0.25) is 24.6 Å². The summed E-state index contributed by atoms with van der Waals surface area (Å²) in [5.74, 6) is -0.748. The monoisotopic (exact) mass is 398 g/mol. The number of fused-ring (bicyclic) bond motifs is 1. The van der Waals surface area contributed by atoms with E-state index in [4.69, 9.17) is 4.74 Å². The molecule has 5 rings (SSSR count). The summed E-state index contributed by atoms with van der Waals surface area (Å²) < 4.78 is 5.72. The first-order valence-electron chi connectivity index (χ1n) is 10.4. The zero-order valence-electron chi connectivity index (χ0n) is 16.4. The van der Waals surface area contributed by atoms with Gasteiger partial charge in [-0.05, 0) is 30.0 Å². The summed E-state index contributed by atoms with van der Waals surface area (Å²) in [5, 5.41) is 5.77. The first-order valence-corrected chi connectivity index (χ1v) is 10.4. The third-order valence-electron chi connectivity index (χ3n) is 6.84. The molecule has 0 aromatic heterocycles. The molecule has 1 unspecified atom stereocenters. The van der Waals surface area contributed by atoms with Gasteiger partial charge in [-0.2, -0.15) is 0 Å². The molecule has 154 valence electrons. The molecule has 1 aromatic rings. The highest BCUT2D eigenvalue weighted by Crippen LogP contribution is 2.33. The van der Waals surface area contributed by atoms with Crippen molar-refractivity contribution in [1.82, 2.24) is 20.4 Å². The van der Waals surface area contributed by atoms with Crippen LogP contribution in [0.1, 0.15) is 40.7 Å². The lowest BCUT2D eigenvalue weighted by Gasteiger charge is -2.50. The number of nitrogens with one attached hydrogen (secondary N) is 2. The molecule has 8 heteroatoms. The second kappa shape index (κ2) is 7.19. The van der Waals surface area contributed by atoms with Crippen LogP contribution in [-0.4, -0.2) is 72.0 Å². The van der Waals surface area contributed by atoms with Crippen LogP contribution in [0, 0.1) is 0 Å². The van der Waals surface area contributed by atoms with Gasteiger partial charge in [0.15, 0.2) is 0 Å². The number of benzene rings is 1. The SMILES string of the molecule is O=C1CCC(N2Cc3c(CN4CCOCCC45CNC5)cccc3C2=O)C(=O)N1. The fourth-order valence-electron chi connectivity index (χ4n) is 5.00. The number of amides is 3. The van der Waals surface area contributed by atoms with Crippen LogP contribution in [0.25, 0.3) is 0 Å². The van der Waals surface area contributed by atoms with Gasteiger partial charge in [0, 0.05) is 56.9 Å². The van der Waals surface area contributed by atoms with Crippen LogP contribution in [-0.2, 0) is 27.4 Å². The largest absolute Gasteiger partial charge is 0.380 e. The number of hydrogen-bond donors (Lipinski definition) is 2. The normalized spacial score (nSPS) is 26.8.